The van der Waals surface area contributed by atoms with E-state index in [0.717, 1.165) is 18.4 Å². The van der Waals surface area contributed by atoms with Crippen molar-refractivity contribution in [1.82, 2.24) is 9.88 Å². The fourth-order valence-corrected chi connectivity index (χ4v) is 2.48. The Hall–Kier alpha value is -2.95. The monoisotopic (exact) mass is 349 g/mol. The van der Waals surface area contributed by atoms with E-state index in [9.17, 15) is 9.59 Å². The van der Waals surface area contributed by atoms with Gasteiger partial charge in [-0.1, -0.05) is 18.2 Å². The van der Waals surface area contributed by atoms with E-state index in [-0.39, 0.29) is 17.9 Å². The number of hydrogen-bond donors (Lipinski definition) is 1. The van der Waals surface area contributed by atoms with E-state index in [2.05, 4.69) is 10.3 Å². The van der Waals surface area contributed by atoms with E-state index >= 15 is 0 Å². The topological polar surface area (TPSA) is 63.5 Å². The zero-order valence-electron chi connectivity index (χ0n) is 15.1. The Balaban J connectivity index is 1.71. The normalized spacial score (nSPS) is 14.8. The molecule has 1 aliphatic carbocycles. The Bertz CT molecular complexity index is 888. The second-order valence-electron chi connectivity index (χ2n) is 6.69. The van der Waals surface area contributed by atoms with Crippen LogP contribution in [0.15, 0.2) is 59.7 Å². The van der Waals surface area contributed by atoms with Crippen molar-refractivity contribution in [2.45, 2.75) is 38.8 Å². The van der Waals surface area contributed by atoms with Crippen molar-refractivity contribution in [3.63, 3.8) is 0 Å². The molecule has 26 heavy (non-hydrogen) atoms. The summed E-state index contributed by atoms with van der Waals surface area (Å²) in [6.07, 6.45) is 7.09. The number of carbonyl (C=O) groups is 2. The smallest absolute Gasteiger partial charge is 0.256 e. The van der Waals surface area contributed by atoms with E-state index < -0.39 is 0 Å². The van der Waals surface area contributed by atoms with E-state index in [1.54, 1.807) is 30.5 Å². The summed E-state index contributed by atoms with van der Waals surface area (Å²) in [5, 5.41) is 2.96. The molecule has 1 fully saturated rings. The quantitative estimate of drug-likeness (QED) is 0.843. The number of allylic oxidation sites excluding steroid dienone is 1. The first-order chi connectivity index (χ1) is 12.5. The van der Waals surface area contributed by atoms with Gasteiger partial charge >= 0.3 is 0 Å². The molecule has 0 aliphatic heterocycles. The maximum Gasteiger partial charge on any atom is 0.256 e. The molecule has 3 rings (SSSR count). The molecule has 5 heteroatoms. The molecule has 1 aromatic carbocycles. The third kappa shape index (κ3) is 4.79. The third-order valence-electron chi connectivity index (χ3n) is 3.97. The molecule has 1 aliphatic rings. The summed E-state index contributed by atoms with van der Waals surface area (Å²) in [5.74, 6) is -0.209. The average molecular weight is 349 g/mol. The number of hydrogen-bond acceptors (Lipinski definition) is 3. The molecule has 0 radical (unpaired) electrons. The van der Waals surface area contributed by atoms with Crippen LogP contribution >= 0.6 is 0 Å². The molecule has 5 nitrogen and oxygen atoms in total. The summed E-state index contributed by atoms with van der Waals surface area (Å²) in [5.41, 5.74) is 2.13. The second-order valence-corrected chi connectivity index (χ2v) is 6.69. The minimum Gasteiger partial charge on any atom is -0.349 e. The van der Waals surface area contributed by atoms with Crippen molar-refractivity contribution in [3.05, 3.63) is 71.4 Å². The van der Waals surface area contributed by atoms with Gasteiger partial charge in [0.1, 0.15) is 5.49 Å². The zero-order valence-corrected chi connectivity index (χ0v) is 15.1. The number of amides is 1. The highest BCUT2D eigenvalue weighted by molar-refractivity contribution is 5.95. The predicted molar refractivity (Wildman–Crippen MR) is 102 cm³/mol. The van der Waals surface area contributed by atoms with E-state index in [4.69, 9.17) is 0 Å². The van der Waals surface area contributed by atoms with Crippen molar-refractivity contribution < 1.29 is 9.59 Å². The van der Waals surface area contributed by atoms with Crippen LogP contribution in [0.25, 0.3) is 6.08 Å². The van der Waals surface area contributed by atoms with Crippen LogP contribution in [0, 0.1) is 0 Å². The van der Waals surface area contributed by atoms with E-state index in [1.807, 2.05) is 38.1 Å². The largest absolute Gasteiger partial charge is 0.349 e. The number of benzene rings is 1. The first-order valence-corrected chi connectivity index (χ1v) is 8.88. The fraction of sp³-hybridized carbons (Fsp3) is 0.286. The molecule has 0 unspecified atom stereocenters. The molecule has 1 aromatic heterocycles. The highest BCUT2D eigenvalue weighted by atomic mass is 16.2. The Morgan fingerprint density at radius 1 is 1.15 bits per heavy atom. The summed E-state index contributed by atoms with van der Waals surface area (Å²) in [7, 11) is 0. The summed E-state index contributed by atoms with van der Waals surface area (Å²) in [4.78, 5) is 28.9. The number of nitrogens with zero attached hydrogens (tertiary/aromatic N) is 2. The molecule has 1 amide bonds. The van der Waals surface area contributed by atoms with Crippen molar-refractivity contribution in [2.24, 2.45) is 4.99 Å². The van der Waals surface area contributed by atoms with Gasteiger partial charge in [-0.2, -0.15) is 0 Å². The molecule has 0 atom stereocenters. The Morgan fingerprint density at radius 2 is 1.88 bits per heavy atom. The van der Waals surface area contributed by atoms with Crippen molar-refractivity contribution in [3.8, 4) is 0 Å². The maximum atomic E-state index is 12.5. The summed E-state index contributed by atoms with van der Waals surface area (Å²) >= 11 is 0. The molecule has 2 aromatic rings. The highest BCUT2D eigenvalue weighted by Crippen LogP contribution is 2.19. The van der Waals surface area contributed by atoms with Crippen LogP contribution in [-0.4, -0.2) is 28.5 Å². The molecule has 134 valence electrons. The van der Waals surface area contributed by atoms with Gasteiger partial charge in [-0.3, -0.25) is 19.1 Å². The van der Waals surface area contributed by atoms with Gasteiger partial charge in [0.2, 0.25) is 0 Å². The number of rotatable bonds is 5. The van der Waals surface area contributed by atoms with Crippen LogP contribution < -0.4 is 10.8 Å². The second kappa shape index (κ2) is 7.95. The summed E-state index contributed by atoms with van der Waals surface area (Å²) in [6, 6.07) is 13.1. The lowest BCUT2D eigenvalue weighted by Crippen LogP contribution is -2.26. The first kappa shape index (κ1) is 17.9. The molecular weight excluding hydrogens is 326 g/mol. The summed E-state index contributed by atoms with van der Waals surface area (Å²) < 4.78 is 1.52. The van der Waals surface area contributed by atoms with E-state index in [0.29, 0.717) is 17.1 Å². The zero-order chi connectivity index (χ0) is 18.5. The molecule has 0 bridgehead atoms. The lowest BCUT2D eigenvalue weighted by Gasteiger charge is -2.05. The minimum atomic E-state index is -0.166. The predicted octanol–water partition coefficient (Wildman–Crippen LogP) is 3.04. The standard InChI is InChI=1S/C21H23N3O2/c1-15(2)22-19-5-3-4-14-24(19)20(25)13-8-16-6-9-17(10-7-16)21(26)23-18-11-12-18/h3-10,13-15,18H,11-12H2,1-2H3,(H,23,26)/b13-8+,22-19?. The highest BCUT2D eigenvalue weighted by Gasteiger charge is 2.23. The Kier molecular flexibility index (Phi) is 5.46. The van der Waals surface area contributed by atoms with Gasteiger partial charge in [-0.15, -0.1) is 0 Å². The fourth-order valence-electron chi connectivity index (χ4n) is 2.48. The lowest BCUT2D eigenvalue weighted by molar-refractivity contribution is 0.0947. The summed E-state index contributed by atoms with van der Waals surface area (Å²) in [6.45, 7) is 3.94. The Labute approximate surface area is 153 Å². The SMILES string of the molecule is CC(C)N=c1ccccn1C(=O)/C=C/c1ccc(C(=O)NC2CC2)cc1. The number of carbonyl (C=O) groups excluding carboxylic acids is 2. The van der Waals surface area contributed by atoms with Crippen LogP contribution in [0.4, 0.5) is 0 Å². The van der Waals surface area contributed by atoms with Gasteiger partial charge in [0, 0.05) is 29.9 Å². The van der Waals surface area contributed by atoms with Gasteiger partial charge in [0.15, 0.2) is 0 Å². The van der Waals surface area contributed by atoms with Crippen LogP contribution in [0.2, 0.25) is 0 Å². The molecule has 0 spiro atoms. The number of nitrogens with one attached hydrogen (secondary N) is 1. The molecule has 0 saturated heterocycles. The van der Waals surface area contributed by atoms with Crippen LogP contribution in [0.3, 0.4) is 0 Å². The van der Waals surface area contributed by atoms with Crippen LogP contribution in [0.1, 0.15) is 47.4 Å². The molecule has 1 N–H and O–H groups in total. The third-order valence-corrected chi connectivity index (χ3v) is 3.97. The van der Waals surface area contributed by atoms with Crippen molar-refractivity contribution >= 4 is 17.9 Å². The van der Waals surface area contributed by atoms with Gasteiger partial charge in [-0.25, -0.2) is 0 Å². The lowest BCUT2D eigenvalue weighted by atomic mass is 10.1. The van der Waals surface area contributed by atoms with Gasteiger partial charge in [-0.05, 0) is 62.6 Å². The van der Waals surface area contributed by atoms with Crippen molar-refractivity contribution in [2.75, 3.05) is 0 Å². The maximum absolute atomic E-state index is 12.5. The van der Waals surface area contributed by atoms with Gasteiger partial charge in [0.25, 0.3) is 11.8 Å². The van der Waals surface area contributed by atoms with Crippen molar-refractivity contribution in [1.29, 1.82) is 0 Å². The molecule has 1 heterocycles. The number of aromatic nitrogens is 1. The van der Waals surface area contributed by atoms with E-state index in [1.165, 1.54) is 10.6 Å². The van der Waals surface area contributed by atoms with Gasteiger partial charge < -0.3 is 5.32 Å². The van der Waals surface area contributed by atoms with Crippen LogP contribution in [0.5, 0.6) is 0 Å². The average Bonchev–Trinajstić information content (AvgIpc) is 3.44. The minimum absolute atomic E-state index is 0.0427. The van der Waals surface area contributed by atoms with Gasteiger partial charge in [0.05, 0.1) is 0 Å². The molecular formula is C21H23N3O2. The number of pyridine rings is 1. The Morgan fingerprint density at radius 3 is 2.54 bits per heavy atom. The molecule has 1 saturated carbocycles. The van der Waals surface area contributed by atoms with Crippen LogP contribution in [-0.2, 0) is 0 Å². The first-order valence-electron chi connectivity index (χ1n) is 8.88.